The first-order chi connectivity index (χ1) is 8.71. The number of methoxy groups -OCH3 is 1. The lowest BCUT2D eigenvalue weighted by Gasteiger charge is -2.16. The molecule has 0 amide bonds. The molecule has 0 bridgehead atoms. The van der Waals surface area contributed by atoms with Crippen LogP contribution in [0.15, 0.2) is 18.2 Å². The van der Waals surface area contributed by atoms with Gasteiger partial charge >= 0.3 is 0 Å². The van der Waals surface area contributed by atoms with Crippen LogP contribution in [0.1, 0.15) is 17.5 Å². The molecule has 0 saturated heterocycles. The zero-order valence-electron chi connectivity index (χ0n) is 11.1. The van der Waals surface area contributed by atoms with Crippen molar-refractivity contribution in [2.45, 2.75) is 25.8 Å². The summed E-state index contributed by atoms with van der Waals surface area (Å²) in [7, 11) is 1.67. The molecule has 0 aliphatic rings. The van der Waals surface area contributed by atoms with Crippen molar-refractivity contribution in [3.63, 3.8) is 0 Å². The quantitative estimate of drug-likeness (QED) is 0.643. The molecule has 0 fully saturated rings. The normalized spacial score (nSPS) is 12.4. The van der Waals surface area contributed by atoms with Crippen molar-refractivity contribution in [3.05, 3.63) is 29.3 Å². The van der Waals surface area contributed by atoms with Crippen molar-refractivity contribution in [1.82, 2.24) is 5.32 Å². The van der Waals surface area contributed by atoms with Crippen LogP contribution in [-0.2, 0) is 6.42 Å². The fourth-order valence-electron chi connectivity index (χ4n) is 1.93. The van der Waals surface area contributed by atoms with Crippen LogP contribution in [0.2, 0.25) is 0 Å². The van der Waals surface area contributed by atoms with E-state index in [-0.39, 0.29) is 19.3 Å². The molecule has 1 atom stereocenters. The van der Waals surface area contributed by atoms with Gasteiger partial charge in [0.05, 0.1) is 13.7 Å². The first-order valence-electron chi connectivity index (χ1n) is 6.30. The van der Waals surface area contributed by atoms with Gasteiger partial charge in [-0.05, 0) is 37.9 Å². The Morgan fingerprint density at radius 3 is 2.72 bits per heavy atom. The Labute approximate surface area is 109 Å². The van der Waals surface area contributed by atoms with E-state index < -0.39 is 0 Å². The van der Waals surface area contributed by atoms with Crippen LogP contribution >= 0.6 is 0 Å². The van der Waals surface area contributed by atoms with Gasteiger partial charge in [0, 0.05) is 12.6 Å². The summed E-state index contributed by atoms with van der Waals surface area (Å²) in [5, 5.41) is 21.2. The second kappa shape index (κ2) is 8.08. The van der Waals surface area contributed by atoms with Gasteiger partial charge in [0.25, 0.3) is 0 Å². The molecule has 1 aromatic rings. The minimum absolute atomic E-state index is 0.0363. The summed E-state index contributed by atoms with van der Waals surface area (Å²) < 4.78 is 5.31. The van der Waals surface area contributed by atoms with Gasteiger partial charge in [-0.2, -0.15) is 0 Å². The highest BCUT2D eigenvalue weighted by atomic mass is 16.5. The summed E-state index contributed by atoms with van der Waals surface area (Å²) in [4.78, 5) is 0. The maximum atomic E-state index is 9.10. The molecular formula is C14H23NO3. The number of hydrogen-bond donors (Lipinski definition) is 3. The van der Waals surface area contributed by atoms with Crippen LogP contribution in [0.3, 0.4) is 0 Å². The summed E-state index contributed by atoms with van der Waals surface area (Å²) in [6.07, 6.45) is 1.41. The fraction of sp³-hybridized carbons (Fsp3) is 0.571. The van der Waals surface area contributed by atoms with E-state index in [0.717, 1.165) is 24.3 Å². The first-order valence-corrected chi connectivity index (χ1v) is 6.30. The average molecular weight is 253 g/mol. The Balaban J connectivity index is 2.49. The van der Waals surface area contributed by atoms with E-state index in [1.54, 1.807) is 7.11 Å². The van der Waals surface area contributed by atoms with Crippen LogP contribution in [0, 0.1) is 6.92 Å². The maximum absolute atomic E-state index is 9.10. The third-order valence-electron chi connectivity index (χ3n) is 2.96. The molecule has 18 heavy (non-hydrogen) atoms. The van der Waals surface area contributed by atoms with Gasteiger partial charge < -0.3 is 20.3 Å². The molecule has 0 saturated carbocycles. The molecule has 3 N–H and O–H groups in total. The van der Waals surface area contributed by atoms with Crippen molar-refractivity contribution in [2.75, 3.05) is 26.9 Å². The van der Waals surface area contributed by atoms with Crippen LogP contribution in [0.25, 0.3) is 0 Å². The highest BCUT2D eigenvalue weighted by Gasteiger charge is 2.07. The molecule has 0 aliphatic heterocycles. The zero-order chi connectivity index (χ0) is 13.4. The highest BCUT2D eigenvalue weighted by Crippen LogP contribution is 2.19. The number of nitrogens with one attached hydrogen (secondary N) is 1. The Kier molecular flexibility index (Phi) is 6.72. The minimum Gasteiger partial charge on any atom is -0.496 e. The van der Waals surface area contributed by atoms with E-state index in [1.165, 1.54) is 5.56 Å². The smallest absolute Gasteiger partial charge is 0.122 e. The van der Waals surface area contributed by atoms with E-state index in [0.29, 0.717) is 6.42 Å². The predicted octanol–water partition coefficient (Wildman–Crippen LogP) is 0.879. The monoisotopic (exact) mass is 253 g/mol. The number of aliphatic hydroxyl groups excluding tert-OH is 2. The van der Waals surface area contributed by atoms with Crippen LogP contribution in [0.5, 0.6) is 5.75 Å². The minimum atomic E-state index is -0.0363. The molecule has 0 aromatic heterocycles. The van der Waals surface area contributed by atoms with Crippen molar-refractivity contribution < 1.29 is 14.9 Å². The van der Waals surface area contributed by atoms with Gasteiger partial charge in [-0.1, -0.05) is 17.7 Å². The standard InChI is InChI=1S/C14H23NO3/c1-11-3-4-14(18-2)12(9-11)5-7-15-13(10-17)6-8-16/h3-4,9,13,15-17H,5-8,10H2,1-2H3. The molecule has 0 spiro atoms. The van der Waals surface area contributed by atoms with Gasteiger partial charge in [-0.15, -0.1) is 0 Å². The third kappa shape index (κ3) is 4.64. The number of hydrogen-bond acceptors (Lipinski definition) is 4. The zero-order valence-corrected chi connectivity index (χ0v) is 11.1. The van der Waals surface area contributed by atoms with Crippen molar-refractivity contribution >= 4 is 0 Å². The average Bonchev–Trinajstić information content (AvgIpc) is 2.38. The molecule has 1 aromatic carbocycles. The third-order valence-corrected chi connectivity index (χ3v) is 2.96. The number of aryl methyl sites for hydroxylation is 1. The molecule has 102 valence electrons. The molecule has 4 heteroatoms. The van der Waals surface area contributed by atoms with Gasteiger partial charge in [0.2, 0.25) is 0 Å². The van der Waals surface area contributed by atoms with Crippen LogP contribution in [0.4, 0.5) is 0 Å². The van der Waals surface area contributed by atoms with Gasteiger partial charge in [-0.3, -0.25) is 0 Å². The lowest BCUT2D eigenvalue weighted by Crippen LogP contribution is -2.34. The van der Waals surface area contributed by atoms with Crippen LogP contribution in [-0.4, -0.2) is 43.1 Å². The topological polar surface area (TPSA) is 61.7 Å². The van der Waals surface area contributed by atoms with Gasteiger partial charge in [0.15, 0.2) is 0 Å². The summed E-state index contributed by atoms with van der Waals surface area (Å²) in [5.74, 6) is 0.894. The van der Waals surface area contributed by atoms with Gasteiger partial charge in [-0.25, -0.2) is 0 Å². The van der Waals surface area contributed by atoms with Gasteiger partial charge in [0.1, 0.15) is 5.75 Å². The molecular weight excluding hydrogens is 230 g/mol. The van der Waals surface area contributed by atoms with Crippen molar-refractivity contribution in [1.29, 1.82) is 0 Å². The van der Waals surface area contributed by atoms with Crippen molar-refractivity contribution in [3.8, 4) is 5.75 Å². The first kappa shape index (κ1) is 15.0. The predicted molar refractivity (Wildman–Crippen MR) is 72.0 cm³/mol. The molecule has 1 rings (SSSR count). The van der Waals surface area contributed by atoms with Crippen molar-refractivity contribution in [2.24, 2.45) is 0 Å². The molecule has 0 heterocycles. The van der Waals surface area contributed by atoms with E-state index in [4.69, 9.17) is 14.9 Å². The van der Waals surface area contributed by atoms with E-state index in [1.807, 2.05) is 12.1 Å². The fourth-order valence-corrected chi connectivity index (χ4v) is 1.93. The lowest BCUT2D eigenvalue weighted by atomic mass is 10.1. The summed E-state index contributed by atoms with van der Waals surface area (Å²) in [6, 6.07) is 6.08. The summed E-state index contributed by atoms with van der Waals surface area (Å²) in [6.45, 7) is 2.95. The second-order valence-corrected chi connectivity index (χ2v) is 4.41. The SMILES string of the molecule is COc1ccc(C)cc1CCNC(CO)CCO. The second-order valence-electron chi connectivity index (χ2n) is 4.41. The Morgan fingerprint density at radius 1 is 1.33 bits per heavy atom. The molecule has 4 nitrogen and oxygen atoms in total. The largest absolute Gasteiger partial charge is 0.496 e. The van der Waals surface area contributed by atoms with E-state index in [9.17, 15) is 0 Å². The number of aliphatic hydroxyl groups is 2. The highest BCUT2D eigenvalue weighted by molar-refractivity contribution is 5.37. The Morgan fingerprint density at radius 2 is 2.11 bits per heavy atom. The van der Waals surface area contributed by atoms with E-state index >= 15 is 0 Å². The lowest BCUT2D eigenvalue weighted by molar-refractivity contribution is 0.201. The molecule has 0 aliphatic carbocycles. The Hall–Kier alpha value is -1.10. The number of benzene rings is 1. The van der Waals surface area contributed by atoms with E-state index in [2.05, 4.69) is 18.3 Å². The maximum Gasteiger partial charge on any atom is 0.122 e. The number of rotatable bonds is 8. The van der Waals surface area contributed by atoms with Crippen LogP contribution < -0.4 is 10.1 Å². The summed E-state index contributed by atoms with van der Waals surface area (Å²) >= 11 is 0. The Bertz CT molecular complexity index is 355. The summed E-state index contributed by atoms with van der Waals surface area (Å²) in [5.41, 5.74) is 2.37. The molecule has 0 radical (unpaired) electrons. The number of ether oxygens (including phenoxy) is 1. The molecule has 1 unspecified atom stereocenters.